The first-order valence-corrected chi connectivity index (χ1v) is 8.74. The highest BCUT2D eigenvalue weighted by Gasteiger charge is 2.28. The van der Waals surface area contributed by atoms with Crippen LogP contribution in [0.4, 0.5) is 4.79 Å². The number of carbonyl (C=O) groups excluding carboxylic acids is 2. The van der Waals surface area contributed by atoms with Gasteiger partial charge >= 0.3 is 6.09 Å². The highest BCUT2D eigenvalue weighted by Crippen LogP contribution is 2.25. The molecule has 0 aromatic carbocycles. The molecule has 6 nitrogen and oxygen atoms in total. The first kappa shape index (κ1) is 19.7. The summed E-state index contributed by atoms with van der Waals surface area (Å²) in [6.45, 7) is 12.0. The van der Waals surface area contributed by atoms with Crippen molar-refractivity contribution in [2.24, 2.45) is 5.92 Å². The molecule has 0 bridgehead atoms. The average molecular weight is 327 g/mol. The number of nitrogens with zero attached hydrogens (tertiary/aromatic N) is 1. The lowest BCUT2D eigenvalue weighted by atomic mass is 10.0. The number of rotatable bonds is 7. The molecule has 0 aliphatic heterocycles. The van der Waals surface area contributed by atoms with Gasteiger partial charge in [0.1, 0.15) is 5.60 Å². The molecule has 2 atom stereocenters. The summed E-state index contributed by atoms with van der Waals surface area (Å²) in [7, 11) is 0. The minimum atomic E-state index is -0.479. The molecule has 1 aliphatic rings. The van der Waals surface area contributed by atoms with Crippen molar-refractivity contribution in [3.63, 3.8) is 0 Å². The van der Waals surface area contributed by atoms with E-state index in [2.05, 4.69) is 10.6 Å². The van der Waals surface area contributed by atoms with Gasteiger partial charge in [0.05, 0.1) is 6.54 Å². The number of likely N-dealkylation sites (N-methyl/N-ethyl adjacent to an activating group) is 1. The van der Waals surface area contributed by atoms with Crippen molar-refractivity contribution in [3.8, 4) is 0 Å². The monoisotopic (exact) mass is 327 g/mol. The molecule has 23 heavy (non-hydrogen) atoms. The van der Waals surface area contributed by atoms with E-state index in [1.807, 2.05) is 39.5 Å². The number of carbonyl (C=O) groups is 2. The Morgan fingerprint density at radius 3 is 2.39 bits per heavy atom. The Balaban J connectivity index is 2.36. The van der Waals surface area contributed by atoms with E-state index in [9.17, 15) is 9.59 Å². The first-order valence-electron chi connectivity index (χ1n) is 8.74. The molecule has 2 unspecified atom stereocenters. The summed E-state index contributed by atoms with van der Waals surface area (Å²) in [5, 5.41) is 6.22. The standard InChI is InChI=1S/C17H33N3O3/c1-6-20(7-2)15(21)12-18-14-10-8-9-13(14)11-19-16(22)23-17(3,4)5/h13-14,18H,6-12H2,1-5H3,(H,19,22). The third-order valence-corrected chi connectivity index (χ3v) is 4.20. The van der Waals surface area contributed by atoms with Crippen molar-refractivity contribution in [2.45, 2.75) is 65.5 Å². The molecule has 0 aromatic rings. The van der Waals surface area contributed by atoms with Gasteiger partial charge in [-0.15, -0.1) is 0 Å². The Morgan fingerprint density at radius 1 is 1.17 bits per heavy atom. The molecule has 0 saturated heterocycles. The Labute approximate surface area is 140 Å². The van der Waals surface area contributed by atoms with Crippen LogP contribution in [0.5, 0.6) is 0 Å². The van der Waals surface area contributed by atoms with Crippen LogP contribution in [-0.4, -0.2) is 54.7 Å². The third kappa shape index (κ3) is 7.20. The maximum Gasteiger partial charge on any atom is 0.407 e. The van der Waals surface area contributed by atoms with Crippen molar-refractivity contribution in [2.75, 3.05) is 26.2 Å². The highest BCUT2D eigenvalue weighted by atomic mass is 16.6. The van der Waals surface area contributed by atoms with Gasteiger partial charge in [0.2, 0.25) is 5.91 Å². The van der Waals surface area contributed by atoms with E-state index in [0.29, 0.717) is 19.0 Å². The lowest BCUT2D eigenvalue weighted by molar-refractivity contribution is -0.130. The molecule has 0 spiro atoms. The number of hydrogen-bond acceptors (Lipinski definition) is 4. The lowest BCUT2D eigenvalue weighted by Gasteiger charge is -2.25. The van der Waals surface area contributed by atoms with Crippen LogP contribution < -0.4 is 10.6 Å². The predicted molar refractivity (Wildman–Crippen MR) is 91.3 cm³/mol. The van der Waals surface area contributed by atoms with Crippen molar-refractivity contribution in [1.29, 1.82) is 0 Å². The second kappa shape index (κ2) is 9.11. The van der Waals surface area contributed by atoms with Crippen molar-refractivity contribution >= 4 is 12.0 Å². The van der Waals surface area contributed by atoms with E-state index >= 15 is 0 Å². The summed E-state index contributed by atoms with van der Waals surface area (Å²) >= 11 is 0. The molecular formula is C17H33N3O3. The summed E-state index contributed by atoms with van der Waals surface area (Å²) in [5.74, 6) is 0.493. The molecule has 0 radical (unpaired) electrons. The van der Waals surface area contributed by atoms with Gasteiger partial charge in [0, 0.05) is 25.7 Å². The minimum Gasteiger partial charge on any atom is -0.444 e. The summed E-state index contributed by atoms with van der Waals surface area (Å²) in [6.07, 6.45) is 2.86. The molecular weight excluding hydrogens is 294 g/mol. The van der Waals surface area contributed by atoms with Crippen molar-refractivity contribution in [3.05, 3.63) is 0 Å². The second-order valence-corrected chi connectivity index (χ2v) is 7.13. The van der Waals surface area contributed by atoms with E-state index in [1.54, 1.807) is 0 Å². The Morgan fingerprint density at radius 2 is 1.83 bits per heavy atom. The van der Waals surface area contributed by atoms with E-state index in [-0.39, 0.29) is 18.0 Å². The smallest absolute Gasteiger partial charge is 0.407 e. The fraction of sp³-hybridized carbons (Fsp3) is 0.882. The molecule has 1 rings (SSSR count). The maximum absolute atomic E-state index is 12.1. The third-order valence-electron chi connectivity index (χ3n) is 4.20. The van der Waals surface area contributed by atoms with Crippen molar-refractivity contribution < 1.29 is 14.3 Å². The van der Waals surface area contributed by atoms with Gasteiger partial charge in [-0.1, -0.05) is 6.42 Å². The largest absolute Gasteiger partial charge is 0.444 e. The summed E-state index contributed by atoms with van der Waals surface area (Å²) in [4.78, 5) is 25.6. The number of hydrogen-bond donors (Lipinski definition) is 2. The molecule has 0 aromatic heterocycles. The minimum absolute atomic E-state index is 0.140. The van der Waals surface area contributed by atoms with Crippen molar-refractivity contribution in [1.82, 2.24) is 15.5 Å². The summed E-state index contributed by atoms with van der Waals surface area (Å²) < 4.78 is 5.26. The van der Waals surface area contributed by atoms with Crippen LogP contribution in [0.15, 0.2) is 0 Å². The van der Waals surface area contributed by atoms with Gasteiger partial charge in [-0.3, -0.25) is 4.79 Å². The van der Waals surface area contributed by atoms with Crippen LogP contribution in [0.3, 0.4) is 0 Å². The average Bonchev–Trinajstić information content (AvgIpc) is 2.90. The van der Waals surface area contributed by atoms with Crippen LogP contribution in [0.1, 0.15) is 53.9 Å². The van der Waals surface area contributed by atoms with Crippen LogP contribution in [0.2, 0.25) is 0 Å². The van der Waals surface area contributed by atoms with Gasteiger partial charge in [0.15, 0.2) is 0 Å². The maximum atomic E-state index is 12.1. The zero-order valence-corrected chi connectivity index (χ0v) is 15.3. The zero-order valence-electron chi connectivity index (χ0n) is 15.3. The SMILES string of the molecule is CCN(CC)C(=O)CNC1CCCC1CNC(=O)OC(C)(C)C. The summed E-state index contributed by atoms with van der Waals surface area (Å²) in [5.41, 5.74) is -0.479. The fourth-order valence-electron chi connectivity index (χ4n) is 2.99. The lowest BCUT2D eigenvalue weighted by Crippen LogP contribution is -2.45. The van der Waals surface area contributed by atoms with Crippen LogP contribution in [-0.2, 0) is 9.53 Å². The van der Waals surface area contributed by atoms with E-state index in [1.165, 1.54) is 0 Å². The van der Waals surface area contributed by atoms with Gasteiger partial charge in [-0.2, -0.15) is 0 Å². The molecule has 1 aliphatic carbocycles. The van der Waals surface area contributed by atoms with Crippen LogP contribution in [0.25, 0.3) is 0 Å². The van der Waals surface area contributed by atoms with Gasteiger partial charge in [0.25, 0.3) is 0 Å². The first-order chi connectivity index (χ1) is 10.8. The zero-order chi connectivity index (χ0) is 17.5. The molecule has 2 amide bonds. The quantitative estimate of drug-likeness (QED) is 0.751. The van der Waals surface area contributed by atoms with Crippen LogP contribution in [0, 0.1) is 5.92 Å². The van der Waals surface area contributed by atoms with E-state index < -0.39 is 5.60 Å². The normalized spacial score (nSPS) is 21.1. The number of alkyl carbamates (subject to hydrolysis) is 1. The van der Waals surface area contributed by atoms with E-state index in [4.69, 9.17) is 4.74 Å². The highest BCUT2D eigenvalue weighted by molar-refractivity contribution is 5.78. The predicted octanol–water partition coefficient (Wildman–Crippen LogP) is 2.14. The Bertz CT molecular complexity index is 389. The molecule has 6 heteroatoms. The Kier molecular flexibility index (Phi) is 7.82. The number of amides is 2. The number of nitrogens with one attached hydrogen (secondary N) is 2. The molecule has 134 valence electrons. The summed E-state index contributed by atoms with van der Waals surface area (Å²) in [6, 6.07) is 0.282. The molecule has 1 fully saturated rings. The number of ether oxygens (including phenoxy) is 1. The fourth-order valence-corrected chi connectivity index (χ4v) is 2.99. The topological polar surface area (TPSA) is 70.7 Å². The van der Waals surface area contributed by atoms with Gasteiger partial charge < -0.3 is 20.3 Å². The molecule has 1 saturated carbocycles. The Hall–Kier alpha value is -1.30. The second-order valence-electron chi connectivity index (χ2n) is 7.13. The molecule has 0 heterocycles. The van der Waals surface area contributed by atoms with Crippen LogP contribution >= 0.6 is 0 Å². The molecule has 2 N–H and O–H groups in total. The van der Waals surface area contributed by atoms with Gasteiger partial charge in [-0.05, 0) is 53.4 Å². The van der Waals surface area contributed by atoms with Gasteiger partial charge in [-0.25, -0.2) is 4.79 Å². The van der Waals surface area contributed by atoms with E-state index in [0.717, 1.165) is 32.4 Å².